The first-order valence-electron chi connectivity index (χ1n) is 5.73. The molecule has 0 bridgehead atoms. The number of ether oxygens (including phenoxy) is 2. The number of benzene rings is 1. The molecule has 1 aromatic carbocycles. The number of fused-ring (bicyclic) bond motifs is 1. The number of rotatable bonds is 2. The molecule has 1 aromatic heterocycles. The van der Waals surface area contributed by atoms with Crippen molar-refractivity contribution in [2.45, 2.75) is 6.42 Å². The quantitative estimate of drug-likeness (QED) is 0.609. The Morgan fingerprint density at radius 3 is 2.84 bits per heavy atom. The van der Waals surface area contributed by atoms with Gasteiger partial charge in [0.1, 0.15) is 6.42 Å². The third-order valence-corrected chi connectivity index (χ3v) is 2.57. The fourth-order valence-electron chi connectivity index (χ4n) is 1.59. The van der Waals surface area contributed by atoms with Gasteiger partial charge in [-0.1, -0.05) is 11.8 Å². The lowest BCUT2D eigenvalue weighted by Gasteiger charge is -2.01. The molecule has 0 fully saturated rings. The Bertz CT molecular complexity index is 668. The van der Waals surface area contributed by atoms with Crippen LogP contribution in [0.15, 0.2) is 30.3 Å². The van der Waals surface area contributed by atoms with Crippen LogP contribution in [0, 0.1) is 11.8 Å². The minimum atomic E-state index is -0.334. The predicted molar refractivity (Wildman–Crippen MR) is 71.8 cm³/mol. The van der Waals surface area contributed by atoms with E-state index in [1.54, 1.807) is 13.2 Å². The average Bonchev–Trinajstić information content (AvgIpc) is 2.46. The second-order valence-corrected chi connectivity index (χ2v) is 3.82. The van der Waals surface area contributed by atoms with E-state index in [4.69, 9.17) is 4.74 Å². The van der Waals surface area contributed by atoms with E-state index in [1.165, 1.54) is 7.11 Å². The van der Waals surface area contributed by atoms with E-state index in [0.29, 0.717) is 5.88 Å². The number of hydrogen-bond donors (Lipinski definition) is 0. The zero-order valence-electron chi connectivity index (χ0n) is 10.8. The van der Waals surface area contributed by atoms with E-state index < -0.39 is 0 Å². The van der Waals surface area contributed by atoms with Crippen LogP contribution in [0.1, 0.15) is 12.0 Å². The fourth-order valence-corrected chi connectivity index (χ4v) is 1.59. The van der Waals surface area contributed by atoms with Gasteiger partial charge in [0, 0.05) is 17.0 Å². The normalized spacial score (nSPS) is 9.58. The number of hydrogen-bond acceptors (Lipinski definition) is 4. The Balaban J connectivity index is 2.24. The monoisotopic (exact) mass is 255 g/mol. The van der Waals surface area contributed by atoms with Crippen LogP contribution in [-0.4, -0.2) is 25.2 Å². The molecule has 0 unspecified atom stereocenters. The third-order valence-electron chi connectivity index (χ3n) is 2.57. The lowest BCUT2D eigenvalue weighted by Crippen LogP contribution is -1.97. The summed E-state index contributed by atoms with van der Waals surface area (Å²) in [4.78, 5) is 15.2. The summed E-state index contributed by atoms with van der Waals surface area (Å²) in [6.45, 7) is 0. The van der Waals surface area contributed by atoms with Gasteiger partial charge >= 0.3 is 5.97 Å². The highest BCUT2D eigenvalue weighted by atomic mass is 16.5. The van der Waals surface area contributed by atoms with Crippen molar-refractivity contribution in [1.82, 2.24) is 4.98 Å². The molecule has 0 radical (unpaired) electrons. The molecule has 2 rings (SSSR count). The van der Waals surface area contributed by atoms with Crippen molar-refractivity contribution in [2.24, 2.45) is 0 Å². The smallest absolute Gasteiger partial charge is 0.317 e. The minimum absolute atomic E-state index is 0.0927. The highest BCUT2D eigenvalue weighted by molar-refractivity contribution is 5.81. The maximum atomic E-state index is 10.9. The molecule has 0 spiro atoms. The molecule has 4 nitrogen and oxygen atoms in total. The van der Waals surface area contributed by atoms with Gasteiger partial charge in [-0.25, -0.2) is 4.98 Å². The Labute approximate surface area is 111 Å². The number of pyridine rings is 1. The van der Waals surface area contributed by atoms with Gasteiger partial charge in [-0.15, -0.1) is 0 Å². The molecule has 4 heteroatoms. The van der Waals surface area contributed by atoms with Crippen LogP contribution in [-0.2, 0) is 9.53 Å². The van der Waals surface area contributed by atoms with Crippen molar-refractivity contribution in [3.63, 3.8) is 0 Å². The Morgan fingerprint density at radius 2 is 2.11 bits per heavy atom. The number of methoxy groups -OCH3 is 2. The molecule has 0 atom stereocenters. The van der Waals surface area contributed by atoms with E-state index in [2.05, 4.69) is 21.6 Å². The summed E-state index contributed by atoms with van der Waals surface area (Å²) in [6.07, 6.45) is 0.0927. The first-order chi connectivity index (χ1) is 9.22. The first-order valence-corrected chi connectivity index (χ1v) is 5.73. The van der Waals surface area contributed by atoms with Gasteiger partial charge in [0.25, 0.3) is 0 Å². The van der Waals surface area contributed by atoms with Crippen molar-refractivity contribution in [1.29, 1.82) is 0 Å². The Hall–Kier alpha value is -2.54. The fraction of sp³-hybridized carbons (Fsp3) is 0.200. The van der Waals surface area contributed by atoms with Crippen molar-refractivity contribution >= 4 is 16.9 Å². The van der Waals surface area contributed by atoms with Crippen LogP contribution in [0.25, 0.3) is 10.9 Å². The van der Waals surface area contributed by atoms with Gasteiger partial charge in [-0.05, 0) is 24.3 Å². The second-order valence-electron chi connectivity index (χ2n) is 3.82. The van der Waals surface area contributed by atoms with Crippen LogP contribution in [0.5, 0.6) is 5.88 Å². The van der Waals surface area contributed by atoms with Crippen molar-refractivity contribution in [3.05, 3.63) is 35.9 Å². The molecular formula is C15H13NO3. The van der Waals surface area contributed by atoms with E-state index in [0.717, 1.165) is 16.5 Å². The van der Waals surface area contributed by atoms with Crippen LogP contribution in [0.3, 0.4) is 0 Å². The van der Waals surface area contributed by atoms with E-state index in [9.17, 15) is 4.79 Å². The molecule has 0 aliphatic rings. The molecule has 0 saturated heterocycles. The summed E-state index contributed by atoms with van der Waals surface area (Å²) in [6, 6.07) is 9.38. The summed E-state index contributed by atoms with van der Waals surface area (Å²) in [5, 5.41) is 0.977. The summed E-state index contributed by atoms with van der Waals surface area (Å²) in [5.74, 6) is 5.94. The SMILES string of the molecule is COC(=O)CC#Cc1ccc2nc(OC)ccc2c1. The molecule has 0 aliphatic carbocycles. The van der Waals surface area contributed by atoms with Crippen LogP contribution in [0.2, 0.25) is 0 Å². The van der Waals surface area contributed by atoms with E-state index >= 15 is 0 Å². The zero-order chi connectivity index (χ0) is 13.7. The van der Waals surface area contributed by atoms with Crippen molar-refractivity contribution in [2.75, 3.05) is 14.2 Å². The largest absolute Gasteiger partial charge is 0.481 e. The van der Waals surface area contributed by atoms with Gasteiger partial charge in [0.15, 0.2) is 0 Å². The molecule has 96 valence electrons. The number of carbonyl (C=O) groups excluding carboxylic acids is 1. The zero-order valence-corrected chi connectivity index (χ0v) is 10.8. The first kappa shape index (κ1) is 12.9. The molecule has 19 heavy (non-hydrogen) atoms. The maximum Gasteiger partial charge on any atom is 0.317 e. The standard InChI is InChI=1S/C15H13NO3/c1-18-14-9-7-12-10-11(6-8-13(12)16-14)4-3-5-15(17)19-2/h6-10H,5H2,1-2H3. The predicted octanol–water partition coefficient (Wildman–Crippen LogP) is 2.16. The summed E-state index contributed by atoms with van der Waals surface area (Å²) in [7, 11) is 2.93. The van der Waals surface area contributed by atoms with Crippen LogP contribution in [0.4, 0.5) is 0 Å². The topological polar surface area (TPSA) is 48.4 Å². The maximum absolute atomic E-state index is 10.9. The lowest BCUT2D eigenvalue weighted by atomic mass is 10.1. The van der Waals surface area contributed by atoms with E-state index in [1.807, 2.05) is 24.3 Å². The summed E-state index contributed by atoms with van der Waals surface area (Å²) < 4.78 is 9.58. The number of aromatic nitrogens is 1. The third kappa shape index (κ3) is 3.23. The molecule has 1 heterocycles. The van der Waals surface area contributed by atoms with Gasteiger partial charge < -0.3 is 9.47 Å². The van der Waals surface area contributed by atoms with Gasteiger partial charge in [0.2, 0.25) is 5.88 Å². The highest BCUT2D eigenvalue weighted by Gasteiger charge is 1.99. The Morgan fingerprint density at radius 1 is 1.26 bits per heavy atom. The van der Waals surface area contributed by atoms with Gasteiger partial charge in [-0.2, -0.15) is 0 Å². The van der Waals surface area contributed by atoms with Crippen LogP contribution >= 0.6 is 0 Å². The highest BCUT2D eigenvalue weighted by Crippen LogP contribution is 2.17. The van der Waals surface area contributed by atoms with E-state index in [-0.39, 0.29) is 12.4 Å². The van der Waals surface area contributed by atoms with Crippen molar-refractivity contribution < 1.29 is 14.3 Å². The summed E-state index contributed by atoms with van der Waals surface area (Å²) >= 11 is 0. The molecule has 0 saturated carbocycles. The Kier molecular flexibility index (Phi) is 3.99. The molecular weight excluding hydrogens is 242 g/mol. The minimum Gasteiger partial charge on any atom is -0.481 e. The number of carbonyl (C=O) groups is 1. The van der Waals surface area contributed by atoms with Gasteiger partial charge in [0.05, 0.1) is 19.7 Å². The van der Waals surface area contributed by atoms with Gasteiger partial charge in [-0.3, -0.25) is 4.79 Å². The number of nitrogens with zero attached hydrogens (tertiary/aromatic N) is 1. The molecule has 0 aliphatic heterocycles. The molecule has 0 N–H and O–H groups in total. The number of esters is 1. The second kappa shape index (κ2) is 5.87. The molecule has 0 amide bonds. The lowest BCUT2D eigenvalue weighted by molar-refractivity contribution is -0.139. The van der Waals surface area contributed by atoms with Crippen LogP contribution < -0.4 is 4.74 Å². The molecule has 2 aromatic rings. The summed E-state index contributed by atoms with van der Waals surface area (Å²) in [5.41, 5.74) is 1.68. The van der Waals surface area contributed by atoms with Crippen molar-refractivity contribution in [3.8, 4) is 17.7 Å². The average molecular weight is 255 g/mol.